The normalized spacial score (nSPS) is 18.8. The molecular weight excluding hydrogens is 360 g/mol. The molecule has 1 saturated carbocycles. The van der Waals surface area contributed by atoms with Gasteiger partial charge in [-0.15, -0.1) is 0 Å². The summed E-state index contributed by atoms with van der Waals surface area (Å²) in [5, 5.41) is 6.09. The minimum Gasteiger partial charge on any atom is -0.326 e. The number of benzene rings is 2. The van der Waals surface area contributed by atoms with Crippen molar-refractivity contribution in [1.29, 1.82) is 0 Å². The second kappa shape index (κ2) is 7.66. The fourth-order valence-corrected chi connectivity index (χ4v) is 3.72. The van der Waals surface area contributed by atoms with Gasteiger partial charge >= 0.3 is 0 Å². The summed E-state index contributed by atoms with van der Waals surface area (Å²) in [6, 6.07) is 15.7. The molecule has 3 rings (SSSR count). The minimum absolute atomic E-state index is 0.0686. The van der Waals surface area contributed by atoms with Gasteiger partial charge in [0.2, 0.25) is 11.8 Å². The van der Waals surface area contributed by atoms with E-state index < -0.39 is 0 Å². The highest BCUT2D eigenvalue weighted by Crippen LogP contribution is 2.41. The van der Waals surface area contributed by atoms with Crippen LogP contribution in [0.5, 0.6) is 0 Å². The average molecular weight is 393 g/mol. The Morgan fingerprint density at radius 2 is 1.03 bits per heavy atom. The van der Waals surface area contributed by atoms with Crippen LogP contribution in [0.15, 0.2) is 48.5 Å². The largest absolute Gasteiger partial charge is 0.326 e. The summed E-state index contributed by atoms with van der Waals surface area (Å²) in [4.78, 5) is 25.5. The summed E-state index contributed by atoms with van der Waals surface area (Å²) < 4.78 is 0. The first-order chi connectivity index (χ1) is 13.5. The Labute approximate surface area is 174 Å². The molecule has 0 saturated heterocycles. The van der Waals surface area contributed by atoms with Gasteiger partial charge in [0.15, 0.2) is 0 Å². The number of amides is 2. The Morgan fingerprint density at radius 3 is 1.38 bits per heavy atom. The number of carbonyl (C=O) groups excluding carboxylic acids is 2. The Hall–Kier alpha value is -2.62. The van der Waals surface area contributed by atoms with Crippen molar-refractivity contribution in [3.8, 4) is 0 Å². The second-order valence-electron chi connectivity index (χ2n) is 10.0. The van der Waals surface area contributed by atoms with Gasteiger partial charge in [0.25, 0.3) is 0 Å². The predicted molar refractivity (Wildman–Crippen MR) is 119 cm³/mol. The van der Waals surface area contributed by atoms with E-state index in [2.05, 4.69) is 52.2 Å². The standard InChI is InChI=1S/C25H32N2O2/c1-24(2,3)18-11-7-9-13-20(18)26-22(28)16-15-17(16)23(29)27-21-14-10-8-12-19(21)25(4,5)6/h7-14,16-17H,15H2,1-6H3,(H,26,28)(H,27,29). The summed E-state index contributed by atoms with van der Waals surface area (Å²) in [7, 11) is 0. The molecule has 0 heterocycles. The maximum atomic E-state index is 12.8. The zero-order chi connectivity index (χ0) is 21.4. The van der Waals surface area contributed by atoms with Gasteiger partial charge in [-0.1, -0.05) is 77.9 Å². The Kier molecular flexibility index (Phi) is 5.57. The van der Waals surface area contributed by atoms with Gasteiger partial charge in [0.1, 0.15) is 0 Å². The van der Waals surface area contributed by atoms with Gasteiger partial charge < -0.3 is 10.6 Å². The van der Waals surface area contributed by atoms with E-state index in [1.807, 2.05) is 48.5 Å². The Morgan fingerprint density at radius 1 is 0.690 bits per heavy atom. The smallest absolute Gasteiger partial charge is 0.228 e. The lowest BCUT2D eigenvalue weighted by Crippen LogP contribution is -2.24. The molecule has 29 heavy (non-hydrogen) atoms. The van der Waals surface area contributed by atoms with E-state index in [0.717, 1.165) is 22.5 Å². The van der Waals surface area contributed by atoms with Crippen LogP contribution >= 0.6 is 0 Å². The highest BCUT2D eigenvalue weighted by atomic mass is 16.2. The van der Waals surface area contributed by atoms with Gasteiger partial charge in [0, 0.05) is 11.4 Å². The van der Waals surface area contributed by atoms with Crippen molar-refractivity contribution < 1.29 is 9.59 Å². The van der Waals surface area contributed by atoms with E-state index in [1.165, 1.54) is 0 Å². The number of anilines is 2. The first-order valence-corrected chi connectivity index (χ1v) is 10.3. The molecule has 2 N–H and O–H groups in total. The molecule has 1 fully saturated rings. The van der Waals surface area contributed by atoms with E-state index in [4.69, 9.17) is 0 Å². The molecule has 2 unspecified atom stereocenters. The molecule has 1 aliphatic carbocycles. The van der Waals surface area contributed by atoms with E-state index in [0.29, 0.717) is 6.42 Å². The fraction of sp³-hybridized carbons (Fsp3) is 0.440. The van der Waals surface area contributed by atoms with E-state index >= 15 is 0 Å². The third-order valence-corrected chi connectivity index (χ3v) is 5.45. The maximum absolute atomic E-state index is 12.8. The van der Waals surface area contributed by atoms with Gasteiger partial charge in [0.05, 0.1) is 11.8 Å². The van der Waals surface area contributed by atoms with Crippen molar-refractivity contribution in [1.82, 2.24) is 0 Å². The van der Waals surface area contributed by atoms with Gasteiger partial charge in [-0.2, -0.15) is 0 Å². The predicted octanol–water partition coefficient (Wildman–Crippen LogP) is 5.49. The number of carbonyl (C=O) groups is 2. The first kappa shape index (κ1) is 21.1. The SMILES string of the molecule is CC(C)(C)c1ccccc1NC(=O)C1CC1C(=O)Nc1ccccc1C(C)(C)C. The van der Waals surface area contributed by atoms with Crippen molar-refractivity contribution in [2.24, 2.45) is 11.8 Å². The lowest BCUT2D eigenvalue weighted by molar-refractivity contribution is -0.122. The fourth-order valence-electron chi connectivity index (χ4n) is 3.72. The molecule has 2 aromatic carbocycles. The summed E-state index contributed by atoms with van der Waals surface area (Å²) in [5.41, 5.74) is 3.70. The lowest BCUT2D eigenvalue weighted by Gasteiger charge is -2.23. The molecule has 0 radical (unpaired) electrons. The number of nitrogens with one attached hydrogen (secondary N) is 2. The summed E-state index contributed by atoms with van der Waals surface area (Å²) in [6.45, 7) is 12.7. The van der Waals surface area contributed by atoms with Crippen LogP contribution in [-0.4, -0.2) is 11.8 Å². The van der Waals surface area contributed by atoms with Crippen LogP contribution in [0.3, 0.4) is 0 Å². The molecule has 2 aromatic rings. The second-order valence-corrected chi connectivity index (χ2v) is 10.0. The number of rotatable bonds is 4. The maximum Gasteiger partial charge on any atom is 0.228 e. The molecule has 1 aliphatic rings. The monoisotopic (exact) mass is 392 g/mol. The van der Waals surface area contributed by atoms with Crippen LogP contribution < -0.4 is 10.6 Å². The Bertz CT molecular complexity index is 843. The van der Waals surface area contributed by atoms with Crippen LogP contribution in [0.25, 0.3) is 0 Å². The van der Waals surface area contributed by atoms with Crippen molar-refractivity contribution in [3.05, 3.63) is 59.7 Å². The molecule has 0 aliphatic heterocycles. The number of hydrogen-bond donors (Lipinski definition) is 2. The van der Waals surface area contributed by atoms with Gasteiger partial charge in [-0.25, -0.2) is 0 Å². The highest BCUT2D eigenvalue weighted by Gasteiger charge is 2.48. The van der Waals surface area contributed by atoms with Crippen molar-refractivity contribution in [3.63, 3.8) is 0 Å². The molecular formula is C25H32N2O2. The van der Waals surface area contributed by atoms with Crippen molar-refractivity contribution in [2.75, 3.05) is 10.6 Å². The van der Waals surface area contributed by atoms with Crippen LogP contribution in [0.4, 0.5) is 11.4 Å². The third kappa shape index (κ3) is 4.87. The van der Waals surface area contributed by atoms with Gasteiger partial charge in [-0.05, 0) is 40.5 Å². The van der Waals surface area contributed by atoms with E-state index in [-0.39, 0.29) is 34.5 Å². The minimum atomic E-state index is -0.273. The first-order valence-electron chi connectivity index (χ1n) is 10.3. The topological polar surface area (TPSA) is 58.2 Å². The quantitative estimate of drug-likeness (QED) is 0.722. The van der Waals surface area contributed by atoms with Crippen LogP contribution in [0, 0.1) is 11.8 Å². The molecule has 4 nitrogen and oxygen atoms in total. The van der Waals surface area contributed by atoms with Crippen molar-refractivity contribution >= 4 is 23.2 Å². The molecule has 2 amide bonds. The highest BCUT2D eigenvalue weighted by molar-refractivity contribution is 6.03. The summed E-state index contributed by atoms with van der Waals surface area (Å²) >= 11 is 0. The van der Waals surface area contributed by atoms with Crippen molar-refractivity contribution in [2.45, 2.75) is 58.8 Å². The van der Waals surface area contributed by atoms with Gasteiger partial charge in [-0.3, -0.25) is 9.59 Å². The van der Waals surface area contributed by atoms with E-state index in [9.17, 15) is 9.59 Å². The zero-order valence-corrected chi connectivity index (χ0v) is 18.3. The molecule has 0 spiro atoms. The summed E-state index contributed by atoms with van der Waals surface area (Å²) in [5.74, 6) is -0.702. The van der Waals surface area contributed by atoms with E-state index in [1.54, 1.807) is 0 Å². The van der Waals surface area contributed by atoms with Crippen LogP contribution in [0.2, 0.25) is 0 Å². The Balaban J connectivity index is 1.66. The molecule has 0 bridgehead atoms. The third-order valence-electron chi connectivity index (χ3n) is 5.45. The zero-order valence-electron chi connectivity index (χ0n) is 18.3. The van der Waals surface area contributed by atoms with Crippen LogP contribution in [-0.2, 0) is 20.4 Å². The molecule has 0 aromatic heterocycles. The average Bonchev–Trinajstić information content (AvgIpc) is 3.42. The van der Waals surface area contributed by atoms with Crippen LogP contribution in [0.1, 0.15) is 59.1 Å². The number of hydrogen-bond acceptors (Lipinski definition) is 2. The molecule has 4 heteroatoms. The summed E-state index contributed by atoms with van der Waals surface area (Å²) in [6.07, 6.45) is 0.590. The molecule has 2 atom stereocenters. The lowest BCUT2D eigenvalue weighted by atomic mass is 9.85. The molecule has 154 valence electrons. The number of para-hydroxylation sites is 2.